The van der Waals surface area contributed by atoms with Crippen molar-refractivity contribution < 1.29 is 22.7 Å². The van der Waals surface area contributed by atoms with Gasteiger partial charge in [-0.15, -0.1) is 0 Å². The normalized spacial score (nSPS) is 16.8. The number of ether oxygens (including phenoxy) is 1. The van der Waals surface area contributed by atoms with Gasteiger partial charge in [-0.1, -0.05) is 12.1 Å². The number of nitrogens with zero attached hydrogens (tertiary/aromatic N) is 5. The maximum absolute atomic E-state index is 13.6. The molecule has 1 atom stereocenters. The average molecular weight is 433 g/mol. The lowest BCUT2D eigenvalue weighted by molar-refractivity contribution is -0.132. The summed E-state index contributed by atoms with van der Waals surface area (Å²) in [6.45, 7) is 1.25. The summed E-state index contributed by atoms with van der Waals surface area (Å²) >= 11 is 0. The molecule has 1 aromatic carbocycles. The number of alkyl halides is 2. The molecule has 1 amide bonds. The van der Waals surface area contributed by atoms with Gasteiger partial charge in [0.25, 0.3) is 12.2 Å². The Labute approximate surface area is 176 Å². The van der Waals surface area contributed by atoms with Crippen molar-refractivity contribution in [3.63, 3.8) is 0 Å². The minimum Gasteiger partial charge on any atom is -0.491 e. The monoisotopic (exact) mass is 433 g/mol. The Morgan fingerprint density at radius 1 is 1.29 bits per heavy atom. The lowest BCUT2D eigenvalue weighted by atomic mass is 9.94. The predicted molar refractivity (Wildman–Crippen MR) is 105 cm³/mol. The Morgan fingerprint density at radius 3 is 2.94 bits per heavy atom. The summed E-state index contributed by atoms with van der Waals surface area (Å²) in [6.07, 6.45) is 0.708. The lowest BCUT2D eigenvalue weighted by Gasteiger charge is -2.32. The van der Waals surface area contributed by atoms with Gasteiger partial charge in [-0.25, -0.2) is 18.2 Å². The predicted octanol–water partition coefficient (Wildman–Crippen LogP) is 3.77. The van der Waals surface area contributed by atoms with Crippen molar-refractivity contribution in [1.29, 1.82) is 0 Å². The number of carbonyl (C=O) groups is 1. The third kappa shape index (κ3) is 4.78. The van der Waals surface area contributed by atoms with Crippen molar-refractivity contribution in [2.75, 3.05) is 19.7 Å². The number of piperidine rings is 1. The molecule has 1 aliphatic rings. The van der Waals surface area contributed by atoms with E-state index in [0.29, 0.717) is 25.2 Å². The van der Waals surface area contributed by atoms with Crippen LogP contribution in [0, 0.1) is 5.82 Å². The van der Waals surface area contributed by atoms with Gasteiger partial charge in [0, 0.05) is 25.4 Å². The van der Waals surface area contributed by atoms with Crippen LogP contribution in [-0.4, -0.2) is 50.1 Å². The van der Waals surface area contributed by atoms with Crippen LogP contribution in [0.2, 0.25) is 0 Å². The van der Waals surface area contributed by atoms with Crippen LogP contribution in [-0.2, 0) is 4.79 Å². The third-order valence-corrected chi connectivity index (χ3v) is 5.34. The van der Waals surface area contributed by atoms with Crippen molar-refractivity contribution in [2.45, 2.75) is 38.0 Å². The number of benzene rings is 1. The van der Waals surface area contributed by atoms with Gasteiger partial charge < -0.3 is 9.64 Å². The van der Waals surface area contributed by atoms with E-state index < -0.39 is 12.2 Å². The quantitative estimate of drug-likeness (QED) is 0.531. The van der Waals surface area contributed by atoms with E-state index in [1.807, 2.05) is 0 Å². The summed E-state index contributed by atoms with van der Waals surface area (Å²) in [5.41, 5.74) is 0.238. The van der Waals surface area contributed by atoms with Gasteiger partial charge in [0.15, 0.2) is 11.6 Å². The van der Waals surface area contributed by atoms with Crippen LogP contribution >= 0.6 is 0 Å². The second kappa shape index (κ2) is 9.32. The van der Waals surface area contributed by atoms with E-state index in [2.05, 4.69) is 15.1 Å². The maximum atomic E-state index is 13.6. The highest BCUT2D eigenvalue weighted by Gasteiger charge is 2.27. The zero-order valence-electron chi connectivity index (χ0n) is 16.8. The molecule has 0 aliphatic carbocycles. The number of halogens is 3. The molecule has 4 rings (SSSR count). The minimum absolute atomic E-state index is 0.0422. The number of hydrogen-bond donors (Lipinski definition) is 0. The molecule has 3 aromatic rings. The van der Waals surface area contributed by atoms with Crippen LogP contribution in [0.1, 0.15) is 49.4 Å². The molecular formula is C21H22F3N5O2. The SMILES string of the molecule is O=C(CCCOc1ccccc1F)N1CCC[C@H](c2cc(C(F)F)n3ncnc3n2)C1. The van der Waals surface area contributed by atoms with E-state index in [1.165, 1.54) is 18.5 Å². The van der Waals surface area contributed by atoms with Crippen LogP contribution in [0.25, 0.3) is 5.78 Å². The second-order valence-corrected chi connectivity index (χ2v) is 7.44. The van der Waals surface area contributed by atoms with Crippen molar-refractivity contribution in [1.82, 2.24) is 24.5 Å². The maximum Gasteiger partial charge on any atom is 0.280 e. The molecule has 10 heteroatoms. The molecule has 1 fully saturated rings. The van der Waals surface area contributed by atoms with Gasteiger partial charge in [0.2, 0.25) is 5.91 Å². The first kappa shape index (κ1) is 21.1. The van der Waals surface area contributed by atoms with E-state index in [-0.39, 0.29) is 42.1 Å². The Kier molecular flexibility index (Phi) is 6.34. The average Bonchev–Trinajstić information content (AvgIpc) is 3.25. The van der Waals surface area contributed by atoms with Gasteiger partial charge in [-0.2, -0.15) is 14.6 Å². The van der Waals surface area contributed by atoms with Crippen molar-refractivity contribution in [3.8, 4) is 5.75 Å². The van der Waals surface area contributed by atoms with Gasteiger partial charge in [0.05, 0.1) is 12.3 Å². The number of hydrogen-bond acceptors (Lipinski definition) is 5. The molecule has 3 heterocycles. The highest BCUT2D eigenvalue weighted by molar-refractivity contribution is 5.76. The highest BCUT2D eigenvalue weighted by Crippen LogP contribution is 2.29. The zero-order chi connectivity index (χ0) is 21.8. The number of rotatable bonds is 7. The molecule has 0 spiro atoms. The summed E-state index contributed by atoms with van der Waals surface area (Å²) in [5, 5.41) is 3.80. The zero-order valence-corrected chi connectivity index (χ0v) is 16.8. The molecule has 1 saturated heterocycles. The smallest absolute Gasteiger partial charge is 0.280 e. The van der Waals surface area contributed by atoms with Crippen molar-refractivity contribution in [3.05, 3.63) is 53.9 Å². The number of amides is 1. The van der Waals surface area contributed by atoms with Crippen LogP contribution in [0.15, 0.2) is 36.7 Å². The Morgan fingerprint density at radius 2 is 2.13 bits per heavy atom. The largest absolute Gasteiger partial charge is 0.491 e. The molecule has 2 aromatic heterocycles. The molecule has 31 heavy (non-hydrogen) atoms. The first-order valence-electron chi connectivity index (χ1n) is 10.2. The van der Waals surface area contributed by atoms with Crippen molar-refractivity contribution >= 4 is 11.7 Å². The van der Waals surface area contributed by atoms with E-state index in [0.717, 1.165) is 17.4 Å². The fourth-order valence-corrected chi connectivity index (χ4v) is 3.79. The molecule has 0 N–H and O–H groups in total. The molecule has 1 aliphatic heterocycles. The Bertz CT molecular complexity index is 1060. The Hall–Kier alpha value is -3.17. The van der Waals surface area contributed by atoms with E-state index in [4.69, 9.17) is 4.74 Å². The second-order valence-electron chi connectivity index (χ2n) is 7.44. The molecular weight excluding hydrogens is 411 g/mol. The fraction of sp³-hybridized carbons (Fsp3) is 0.429. The summed E-state index contributed by atoms with van der Waals surface area (Å²) in [7, 11) is 0. The van der Waals surface area contributed by atoms with Crippen molar-refractivity contribution in [2.24, 2.45) is 0 Å². The molecule has 7 nitrogen and oxygen atoms in total. The first-order valence-corrected chi connectivity index (χ1v) is 10.2. The number of para-hydroxylation sites is 1. The van der Waals surface area contributed by atoms with Crippen LogP contribution in [0.4, 0.5) is 13.2 Å². The summed E-state index contributed by atoms with van der Waals surface area (Å²) in [6, 6.07) is 7.48. The van der Waals surface area contributed by atoms with Crippen LogP contribution in [0.3, 0.4) is 0 Å². The van der Waals surface area contributed by atoms with Gasteiger partial charge in [-0.3, -0.25) is 4.79 Å². The summed E-state index contributed by atoms with van der Waals surface area (Å²) in [4.78, 5) is 22.7. The summed E-state index contributed by atoms with van der Waals surface area (Å²) in [5.74, 6) is -0.335. The first-order chi connectivity index (χ1) is 15.0. The molecule has 0 radical (unpaired) electrons. The lowest BCUT2D eigenvalue weighted by Crippen LogP contribution is -2.39. The van der Waals surface area contributed by atoms with Crippen LogP contribution in [0.5, 0.6) is 5.75 Å². The number of carbonyl (C=O) groups excluding carboxylic acids is 1. The number of aromatic nitrogens is 4. The fourth-order valence-electron chi connectivity index (χ4n) is 3.79. The van der Waals surface area contributed by atoms with Gasteiger partial charge in [0.1, 0.15) is 12.0 Å². The standard InChI is InChI=1S/C21H22F3N5O2/c22-15-6-1-2-7-18(15)31-10-4-8-19(30)28-9-3-5-14(12-28)16-11-17(20(23)24)29-21(27-16)25-13-26-29/h1-2,6-7,11,13-14,20H,3-5,8-10,12H2/t14-/m0/s1. The number of likely N-dealkylation sites (tertiary alicyclic amines) is 1. The van der Waals surface area contributed by atoms with E-state index >= 15 is 0 Å². The molecule has 0 saturated carbocycles. The molecule has 0 bridgehead atoms. The van der Waals surface area contributed by atoms with Crippen LogP contribution < -0.4 is 4.74 Å². The minimum atomic E-state index is -2.71. The highest BCUT2D eigenvalue weighted by atomic mass is 19.3. The van der Waals surface area contributed by atoms with Gasteiger partial charge in [-0.05, 0) is 37.5 Å². The van der Waals surface area contributed by atoms with E-state index in [9.17, 15) is 18.0 Å². The molecule has 164 valence electrons. The van der Waals surface area contributed by atoms with E-state index in [1.54, 1.807) is 23.1 Å². The number of fused-ring (bicyclic) bond motifs is 1. The topological polar surface area (TPSA) is 72.6 Å². The van der Waals surface area contributed by atoms with Gasteiger partial charge >= 0.3 is 0 Å². The molecule has 0 unspecified atom stereocenters. The summed E-state index contributed by atoms with van der Waals surface area (Å²) < 4.78 is 46.9. The Balaban J connectivity index is 1.35. The third-order valence-electron chi connectivity index (χ3n) is 5.34.